The summed E-state index contributed by atoms with van der Waals surface area (Å²) < 4.78 is 29.6. The number of fused-ring (bicyclic) bond motifs is 1. The maximum atomic E-state index is 13.8. The van der Waals surface area contributed by atoms with Crippen molar-refractivity contribution in [1.29, 1.82) is 0 Å². The molecule has 0 aliphatic carbocycles. The second-order valence-corrected chi connectivity index (χ2v) is 5.40. The topological polar surface area (TPSA) is 72.7 Å². The molecule has 0 aliphatic heterocycles. The first-order valence-corrected chi connectivity index (χ1v) is 6.96. The van der Waals surface area contributed by atoms with Gasteiger partial charge in [0.05, 0.1) is 6.54 Å². The van der Waals surface area contributed by atoms with E-state index in [1.165, 1.54) is 22.2 Å². The smallest absolute Gasteiger partial charge is 0.308 e. The summed E-state index contributed by atoms with van der Waals surface area (Å²) in [5.74, 6) is -1.41. The van der Waals surface area contributed by atoms with Crippen LogP contribution in [0.2, 0.25) is 0 Å². The SMILES string of the molecule is Cn1c(=O)[nH]c(=O)c2c1nc(Br)n2Cc1ccc(F)cc1F. The maximum absolute atomic E-state index is 13.8. The molecule has 0 amide bonds. The minimum atomic E-state index is -0.727. The maximum Gasteiger partial charge on any atom is 0.329 e. The lowest BCUT2D eigenvalue weighted by atomic mass is 10.2. The molecule has 0 unspecified atom stereocenters. The van der Waals surface area contributed by atoms with Gasteiger partial charge in [-0.2, -0.15) is 0 Å². The predicted molar refractivity (Wildman–Crippen MR) is 78.8 cm³/mol. The number of aromatic amines is 1. The van der Waals surface area contributed by atoms with Gasteiger partial charge < -0.3 is 4.57 Å². The van der Waals surface area contributed by atoms with Crippen molar-refractivity contribution in [2.75, 3.05) is 0 Å². The van der Waals surface area contributed by atoms with E-state index in [1.54, 1.807) is 0 Å². The Kier molecular flexibility index (Phi) is 3.44. The van der Waals surface area contributed by atoms with Gasteiger partial charge in [0.25, 0.3) is 5.56 Å². The van der Waals surface area contributed by atoms with Crippen LogP contribution in [0.4, 0.5) is 8.78 Å². The van der Waals surface area contributed by atoms with Crippen LogP contribution in [0.25, 0.3) is 11.2 Å². The van der Waals surface area contributed by atoms with Gasteiger partial charge in [-0.1, -0.05) is 6.07 Å². The molecule has 0 spiro atoms. The monoisotopic (exact) mass is 370 g/mol. The molecule has 2 heterocycles. The number of rotatable bonds is 2. The van der Waals surface area contributed by atoms with Gasteiger partial charge >= 0.3 is 5.69 Å². The van der Waals surface area contributed by atoms with Crippen LogP contribution in [-0.4, -0.2) is 19.1 Å². The van der Waals surface area contributed by atoms with Crippen molar-refractivity contribution in [2.24, 2.45) is 7.05 Å². The lowest BCUT2D eigenvalue weighted by Gasteiger charge is -2.07. The van der Waals surface area contributed by atoms with E-state index < -0.39 is 22.9 Å². The highest BCUT2D eigenvalue weighted by atomic mass is 79.9. The van der Waals surface area contributed by atoms with Gasteiger partial charge in [0.1, 0.15) is 11.6 Å². The van der Waals surface area contributed by atoms with E-state index in [1.807, 2.05) is 0 Å². The summed E-state index contributed by atoms with van der Waals surface area (Å²) in [6, 6.07) is 3.19. The number of hydrogen-bond donors (Lipinski definition) is 1. The lowest BCUT2D eigenvalue weighted by molar-refractivity contribution is 0.566. The Bertz CT molecular complexity index is 1010. The summed E-state index contributed by atoms with van der Waals surface area (Å²) in [7, 11) is 1.46. The number of aryl methyl sites for hydroxylation is 1. The van der Waals surface area contributed by atoms with Gasteiger partial charge in [-0.25, -0.2) is 18.6 Å². The molecular weight excluding hydrogens is 362 g/mol. The molecule has 0 radical (unpaired) electrons. The molecule has 0 fully saturated rings. The van der Waals surface area contributed by atoms with Crippen LogP contribution in [0.5, 0.6) is 0 Å². The summed E-state index contributed by atoms with van der Waals surface area (Å²) in [5, 5.41) is 0. The molecular formula is C13H9BrF2N4O2. The number of halogens is 3. The van der Waals surface area contributed by atoms with Gasteiger partial charge in [0, 0.05) is 18.7 Å². The van der Waals surface area contributed by atoms with E-state index in [-0.39, 0.29) is 28.0 Å². The van der Waals surface area contributed by atoms with Crippen LogP contribution in [0.3, 0.4) is 0 Å². The number of imidazole rings is 1. The van der Waals surface area contributed by atoms with Crippen molar-refractivity contribution in [1.82, 2.24) is 19.1 Å². The van der Waals surface area contributed by atoms with Crippen LogP contribution in [-0.2, 0) is 13.6 Å². The Hall–Kier alpha value is -2.29. The Morgan fingerprint density at radius 1 is 1.32 bits per heavy atom. The number of hydrogen-bond acceptors (Lipinski definition) is 3. The largest absolute Gasteiger partial charge is 0.329 e. The predicted octanol–water partition coefficient (Wildman–Crippen LogP) is 1.51. The third-order valence-corrected chi connectivity index (χ3v) is 3.91. The number of H-pyrrole nitrogens is 1. The Labute approximate surface area is 130 Å². The molecule has 0 aliphatic rings. The van der Waals surface area contributed by atoms with Crippen molar-refractivity contribution in [2.45, 2.75) is 6.54 Å². The lowest BCUT2D eigenvalue weighted by Crippen LogP contribution is -2.29. The van der Waals surface area contributed by atoms with E-state index in [0.29, 0.717) is 0 Å². The Balaban J connectivity index is 2.23. The summed E-state index contributed by atoms with van der Waals surface area (Å²) in [6.07, 6.45) is 0. The fourth-order valence-electron chi connectivity index (χ4n) is 2.17. The molecule has 2 aromatic heterocycles. The molecule has 3 aromatic rings. The van der Waals surface area contributed by atoms with Crippen molar-refractivity contribution in [3.63, 3.8) is 0 Å². The molecule has 1 aromatic carbocycles. The van der Waals surface area contributed by atoms with E-state index in [9.17, 15) is 18.4 Å². The number of nitrogens with zero attached hydrogens (tertiary/aromatic N) is 3. The molecule has 9 heteroatoms. The highest BCUT2D eigenvalue weighted by Crippen LogP contribution is 2.19. The van der Waals surface area contributed by atoms with Crippen molar-refractivity contribution < 1.29 is 8.78 Å². The van der Waals surface area contributed by atoms with Crippen LogP contribution >= 0.6 is 15.9 Å². The molecule has 0 atom stereocenters. The number of benzene rings is 1. The van der Waals surface area contributed by atoms with Crippen molar-refractivity contribution in [3.05, 3.63) is 61.0 Å². The van der Waals surface area contributed by atoms with Crippen LogP contribution in [0, 0.1) is 11.6 Å². The zero-order valence-corrected chi connectivity index (χ0v) is 12.8. The molecule has 6 nitrogen and oxygen atoms in total. The second kappa shape index (κ2) is 5.16. The minimum Gasteiger partial charge on any atom is -0.308 e. The van der Waals surface area contributed by atoms with E-state index in [0.717, 1.165) is 12.1 Å². The van der Waals surface area contributed by atoms with Gasteiger partial charge in [0.2, 0.25) is 0 Å². The highest BCUT2D eigenvalue weighted by molar-refractivity contribution is 9.10. The second-order valence-electron chi connectivity index (χ2n) is 4.69. The molecule has 3 rings (SSSR count). The summed E-state index contributed by atoms with van der Waals surface area (Å²) in [6.45, 7) is -0.0372. The molecule has 1 N–H and O–H groups in total. The van der Waals surface area contributed by atoms with Crippen LogP contribution in [0.15, 0.2) is 32.5 Å². The zero-order chi connectivity index (χ0) is 16.0. The number of aromatic nitrogens is 4. The first kappa shape index (κ1) is 14.6. The molecule has 0 saturated carbocycles. The minimum absolute atomic E-state index is 0.0372. The summed E-state index contributed by atoms with van der Waals surface area (Å²) in [4.78, 5) is 29.8. The van der Waals surface area contributed by atoms with Gasteiger partial charge in [-0.05, 0) is 22.0 Å². The van der Waals surface area contributed by atoms with Crippen molar-refractivity contribution in [3.8, 4) is 0 Å². The zero-order valence-electron chi connectivity index (χ0n) is 11.2. The average molecular weight is 371 g/mol. The third kappa shape index (κ3) is 2.27. The summed E-state index contributed by atoms with van der Waals surface area (Å²) in [5.41, 5.74) is -0.739. The Morgan fingerprint density at radius 3 is 2.73 bits per heavy atom. The highest BCUT2D eigenvalue weighted by Gasteiger charge is 2.17. The average Bonchev–Trinajstić information content (AvgIpc) is 2.77. The summed E-state index contributed by atoms with van der Waals surface area (Å²) >= 11 is 3.19. The first-order valence-electron chi connectivity index (χ1n) is 6.17. The fourth-order valence-corrected chi connectivity index (χ4v) is 2.64. The number of nitrogens with one attached hydrogen (secondary N) is 1. The van der Waals surface area contributed by atoms with Crippen molar-refractivity contribution >= 4 is 27.1 Å². The van der Waals surface area contributed by atoms with Gasteiger partial charge in [-0.15, -0.1) is 0 Å². The molecule has 0 saturated heterocycles. The quantitative estimate of drug-likeness (QED) is 0.695. The van der Waals surface area contributed by atoms with Gasteiger partial charge in [0.15, 0.2) is 15.9 Å². The Morgan fingerprint density at radius 2 is 2.05 bits per heavy atom. The van der Waals surface area contributed by atoms with Crippen LogP contribution in [0.1, 0.15) is 5.56 Å². The standard InChI is InChI=1S/C13H9BrF2N4O2/c1-19-10-9(11(21)18-13(19)22)20(12(14)17-10)5-6-2-3-7(15)4-8(6)16/h2-4H,5H2,1H3,(H,18,21,22). The molecule has 22 heavy (non-hydrogen) atoms. The normalized spacial score (nSPS) is 11.3. The molecule has 0 bridgehead atoms. The van der Waals surface area contributed by atoms with Gasteiger partial charge in [-0.3, -0.25) is 14.3 Å². The third-order valence-electron chi connectivity index (χ3n) is 3.30. The fraction of sp³-hybridized carbons (Fsp3) is 0.154. The van der Waals surface area contributed by atoms with E-state index in [2.05, 4.69) is 25.9 Å². The van der Waals surface area contributed by atoms with E-state index in [4.69, 9.17) is 0 Å². The van der Waals surface area contributed by atoms with Crippen LogP contribution < -0.4 is 11.2 Å². The van der Waals surface area contributed by atoms with E-state index >= 15 is 0 Å². The first-order chi connectivity index (χ1) is 10.4. The molecule has 114 valence electrons.